The maximum Gasteiger partial charge on any atom is 0.335 e. The zero-order chi connectivity index (χ0) is 15.0. The number of benzene rings is 1. The highest BCUT2D eigenvalue weighted by atomic mass is 16.5. The summed E-state index contributed by atoms with van der Waals surface area (Å²) < 4.78 is 5.55. The average molecular weight is 274 g/mol. The molecule has 108 valence electrons. The molecule has 0 saturated carbocycles. The summed E-state index contributed by atoms with van der Waals surface area (Å²) in [6.07, 6.45) is 6.37. The second-order valence-electron chi connectivity index (χ2n) is 5.01. The molecule has 0 aliphatic heterocycles. The molecule has 1 rings (SSSR count). The van der Waals surface area contributed by atoms with Gasteiger partial charge in [-0.05, 0) is 64.0 Å². The van der Waals surface area contributed by atoms with Crippen molar-refractivity contribution in [3.63, 3.8) is 0 Å². The van der Waals surface area contributed by atoms with Crippen molar-refractivity contribution in [1.29, 1.82) is 0 Å². The van der Waals surface area contributed by atoms with Gasteiger partial charge in [-0.15, -0.1) is 0 Å². The lowest BCUT2D eigenvalue weighted by Gasteiger charge is -2.05. The Balaban J connectivity index is 2.39. The van der Waals surface area contributed by atoms with Crippen molar-refractivity contribution in [2.24, 2.45) is 0 Å². The van der Waals surface area contributed by atoms with Gasteiger partial charge in [-0.3, -0.25) is 0 Å². The first-order chi connectivity index (χ1) is 9.49. The fourth-order valence-electron chi connectivity index (χ4n) is 1.66. The number of allylic oxidation sites excluding steroid dienone is 3. The van der Waals surface area contributed by atoms with E-state index >= 15 is 0 Å². The van der Waals surface area contributed by atoms with E-state index in [0.29, 0.717) is 12.4 Å². The van der Waals surface area contributed by atoms with E-state index in [4.69, 9.17) is 9.84 Å². The maximum absolute atomic E-state index is 10.7. The fourth-order valence-corrected chi connectivity index (χ4v) is 1.66. The minimum Gasteiger partial charge on any atom is -0.490 e. The van der Waals surface area contributed by atoms with Gasteiger partial charge in [0.15, 0.2) is 0 Å². The third-order valence-corrected chi connectivity index (χ3v) is 2.87. The molecule has 1 aromatic rings. The van der Waals surface area contributed by atoms with E-state index in [2.05, 4.69) is 32.9 Å². The highest BCUT2D eigenvalue weighted by Gasteiger charge is 2.01. The molecule has 0 heterocycles. The molecule has 0 saturated heterocycles. The van der Waals surface area contributed by atoms with Gasteiger partial charge in [0, 0.05) is 0 Å². The van der Waals surface area contributed by atoms with Crippen molar-refractivity contribution in [1.82, 2.24) is 0 Å². The van der Waals surface area contributed by atoms with Crippen molar-refractivity contribution in [3.8, 4) is 5.75 Å². The number of carboxylic acid groups (broad SMARTS) is 1. The van der Waals surface area contributed by atoms with E-state index in [9.17, 15) is 4.79 Å². The quantitative estimate of drug-likeness (QED) is 0.747. The van der Waals surface area contributed by atoms with Crippen LogP contribution in [0, 0.1) is 0 Å². The first-order valence-corrected chi connectivity index (χ1v) is 6.74. The van der Waals surface area contributed by atoms with Crippen molar-refractivity contribution in [3.05, 3.63) is 53.1 Å². The minimum absolute atomic E-state index is 0.269. The average Bonchev–Trinajstić information content (AvgIpc) is 2.39. The SMILES string of the molecule is CC(C)=CCCC(C)=CCOc1ccc(C(=O)O)cc1. The van der Waals surface area contributed by atoms with Gasteiger partial charge < -0.3 is 9.84 Å². The van der Waals surface area contributed by atoms with Gasteiger partial charge in [-0.1, -0.05) is 17.2 Å². The van der Waals surface area contributed by atoms with E-state index in [1.165, 1.54) is 11.1 Å². The predicted molar refractivity (Wildman–Crippen MR) is 81.3 cm³/mol. The van der Waals surface area contributed by atoms with Crippen molar-refractivity contribution in [2.75, 3.05) is 6.61 Å². The summed E-state index contributed by atoms with van der Waals surface area (Å²) in [7, 11) is 0. The van der Waals surface area contributed by atoms with E-state index in [1.54, 1.807) is 24.3 Å². The molecule has 0 bridgehead atoms. The second kappa shape index (κ2) is 8.20. The zero-order valence-corrected chi connectivity index (χ0v) is 12.3. The molecule has 0 atom stereocenters. The summed E-state index contributed by atoms with van der Waals surface area (Å²) in [5, 5.41) is 8.79. The summed E-state index contributed by atoms with van der Waals surface area (Å²) in [4.78, 5) is 10.7. The van der Waals surface area contributed by atoms with Crippen LogP contribution in [0.15, 0.2) is 47.6 Å². The summed E-state index contributed by atoms with van der Waals surface area (Å²) in [5.74, 6) is -0.241. The van der Waals surface area contributed by atoms with E-state index < -0.39 is 5.97 Å². The van der Waals surface area contributed by atoms with Crippen LogP contribution in [0.1, 0.15) is 44.0 Å². The third-order valence-electron chi connectivity index (χ3n) is 2.87. The van der Waals surface area contributed by atoms with Crippen LogP contribution in [-0.2, 0) is 0 Å². The first kappa shape index (κ1) is 16.0. The van der Waals surface area contributed by atoms with E-state index in [0.717, 1.165) is 12.8 Å². The van der Waals surface area contributed by atoms with Crippen LogP contribution in [0.3, 0.4) is 0 Å². The molecule has 1 aromatic carbocycles. The number of carboxylic acids is 1. The Kier molecular flexibility index (Phi) is 6.57. The molecule has 20 heavy (non-hydrogen) atoms. The van der Waals surface area contributed by atoms with Gasteiger partial charge in [0.05, 0.1) is 5.56 Å². The Morgan fingerprint density at radius 3 is 2.35 bits per heavy atom. The van der Waals surface area contributed by atoms with Crippen LogP contribution in [0.4, 0.5) is 0 Å². The molecule has 3 nitrogen and oxygen atoms in total. The molecule has 0 radical (unpaired) electrons. The summed E-state index contributed by atoms with van der Waals surface area (Å²) in [6, 6.07) is 6.44. The van der Waals surface area contributed by atoms with Crippen molar-refractivity contribution >= 4 is 5.97 Å². The Morgan fingerprint density at radius 1 is 1.15 bits per heavy atom. The minimum atomic E-state index is -0.924. The maximum atomic E-state index is 10.7. The van der Waals surface area contributed by atoms with E-state index in [-0.39, 0.29) is 5.56 Å². The number of hydrogen-bond donors (Lipinski definition) is 1. The normalized spacial score (nSPS) is 11.1. The number of aromatic carboxylic acids is 1. The standard InChI is InChI=1S/C17H22O3/c1-13(2)5-4-6-14(3)11-12-20-16-9-7-15(8-10-16)17(18)19/h5,7-11H,4,6,12H2,1-3H3,(H,18,19). The lowest BCUT2D eigenvalue weighted by atomic mass is 10.1. The van der Waals surface area contributed by atoms with Gasteiger partial charge in [0.2, 0.25) is 0 Å². The summed E-state index contributed by atoms with van der Waals surface area (Å²) in [6.45, 7) is 6.80. The van der Waals surface area contributed by atoms with Crippen LogP contribution in [-0.4, -0.2) is 17.7 Å². The molecule has 0 unspecified atom stereocenters. The Hall–Kier alpha value is -2.03. The van der Waals surface area contributed by atoms with Crippen LogP contribution in [0.25, 0.3) is 0 Å². The predicted octanol–water partition coefficient (Wildman–Crippen LogP) is 4.46. The Bertz CT molecular complexity index is 491. The van der Waals surface area contributed by atoms with Crippen LogP contribution >= 0.6 is 0 Å². The topological polar surface area (TPSA) is 46.5 Å². The summed E-state index contributed by atoms with van der Waals surface area (Å²) in [5.41, 5.74) is 2.91. The van der Waals surface area contributed by atoms with Crippen LogP contribution in [0.5, 0.6) is 5.75 Å². The van der Waals surface area contributed by atoms with Gasteiger partial charge in [-0.2, -0.15) is 0 Å². The number of carbonyl (C=O) groups is 1. The lowest BCUT2D eigenvalue weighted by Crippen LogP contribution is -1.98. The highest BCUT2D eigenvalue weighted by molar-refractivity contribution is 5.87. The number of hydrogen-bond acceptors (Lipinski definition) is 2. The Morgan fingerprint density at radius 2 is 1.80 bits per heavy atom. The molecular formula is C17H22O3. The molecule has 1 N–H and O–H groups in total. The molecular weight excluding hydrogens is 252 g/mol. The van der Waals surface area contributed by atoms with Gasteiger partial charge in [0.1, 0.15) is 12.4 Å². The second-order valence-corrected chi connectivity index (χ2v) is 5.01. The fraction of sp³-hybridized carbons (Fsp3) is 0.353. The highest BCUT2D eigenvalue weighted by Crippen LogP contribution is 2.13. The zero-order valence-electron chi connectivity index (χ0n) is 12.3. The largest absolute Gasteiger partial charge is 0.490 e. The molecule has 0 aliphatic rings. The number of rotatable bonds is 7. The lowest BCUT2D eigenvalue weighted by molar-refractivity contribution is 0.0697. The van der Waals surface area contributed by atoms with Crippen LogP contribution < -0.4 is 4.74 Å². The van der Waals surface area contributed by atoms with E-state index in [1.807, 2.05) is 0 Å². The smallest absolute Gasteiger partial charge is 0.335 e. The van der Waals surface area contributed by atoms with Gasteiger partial charge in [-0.25, -0.2) is 4.79 Å². The van der Waals surface area contributed by atoms with Gasteiger partial charge in [0.25, 0.3) is 0 Å². The monoisotopic (exact) mass is 274 g/mol. The molecule has 3 heteroatoms. The molecule has 0 aliphatic carbocycles. The van der Waals surface area contributed by atoms with Crippen molar-refractivity contribution < 1.29 is 14.6 Å². The summed E-state index contributed by atoms with van der Waals surface area (Å²) >= 11 is 0. The van der Waals surface area contributed by atoms with Crippen molar-refractivity contribution in [2.45, 2.75) is 33.6 Å². The van der Waals surface area contributed by atoms with Gasteiger partial charge >= 0.3 is 5.97 Å². The number of ether oxygens (including phenoxy) is 1. The Labute approximate surface area is 120 Å². The molecule has 0 spiro atoms. The molecule has 0 aromatic heterocycles. The third kappa shape index (κ3) is 6.23. The van der Waals surface area contributed by atoms with Crippen LogP contribution in [0.2, 0.25) is 0 Å². The molecule has 0 amide bonds. The molecule has 0 fully saturated rings. The first-order valence-electron chi connectivity index (χ1n) is 6.74.